The maximum atomic E-state index is 12.8. The summed E-state index contributed by atoms with van der Waals surface area (Å²) in [4.78, 5) is 12.2. The lowest BCUT2D eigenvalue weighted by Gasteiger charge is -2.05. The Kier molecular flexibility index (Phi) is 4.21. The van der Waals surface area contributed by atoms with Crippen LogP contribution >= 0.6 is 45.2 Å². The third kappa shape index (κ3) is 2.82. The second kappa shape index (κ2) is 5.52. The van der Waals surface area contributed by atoms with Crippen molar-refractivity contribution in [3.63, 3.8) is 0 Å². The molecule has 2 nitrogen and oxygen atoms in total. The molecule has 0 atom stereocenters. The molecule has 0 aliphatic heterocycles. The number of hydrogen-bond acceptors (Lipinski definition) is 2. The molecule has 0 aliphatic carbocycles. The van der Waals surface area contributed by atoms with Gasteiger partial charge in [-0.05, 0) is 81.6 Å². The molecule has 0 aromatic heterocycles. The Bertz CT molecular complexity index is 586. The van der Waals surface area contributed by atoms with Gasteiger partial charge >= 0.3 is 0 Å². The van der Waals surface area contributed by atoms with Crippen molar-refractivity contribution in [2.75, 3.05) is 0 Å². The average Bonchev–Trinajstić information content (AvgIpc) is 2.35. The largest absolute Gasteiger partial charge is 0.506 e. The van der Waals surface area contributed by atoms with Gasteiger partial charge in [-0.15, -0.1) is 0 Å². The quantitative estimate of drug-likeness (QED) is 0.536. The summed E-state index contributed by atoms with van der Waals surface area (Å²) in [5.41, 5.74) is 0.905. The summed E-state index contributed by atoms with van der Waals surface area (Å²) in [7, 11) is 0. The summed E-state index contributed by atoms with van der Waals surface area (Å²) in [6.45, 7) is 0. The molecule has 0 unspecified atom stereocenters. The Morgan fingerprint density at radius 1 is 1.00 bits per heavy atom. The maximum absolute atomic E-state index is 12.8. The van der Waals surface area contributed by atoms with Gasteiger partial charge in [0.1, 0.15) is 11.6 Å². The second-order valence-corrected chi connectivity index (χ2v) is 5.95. The van der Waals surface area contributed by atoms with Crippen LogP contribution in [0.4, 0.5) is 4.39 Å². The SMILES string of the molecule is O=C(c1ccc(F)cc1)c1cc(I)c(O)c(I)c1. The van der Waals surface area contributed by atoms with Crippen molar-refractivity contribution in [2.45, 2.75) is 0 Å². The predicted octanol–water partition coefficient (Wildman–Crippen LogP) is 3.97. The molecule has 0 heterocycles. The number of ketones is 1. The average molecular weight is 468 g/mol. The molecular weight excluding hydrogens is 461 g/mol. The molecule has 2 aromatic carbocycles. The zero-order chi connectivity index (χ0) is 13.3. The van der Waals surface area contributed by atoms with Crippen LogP contribution in [-0.4, -0.2) is 10.9 Å². The fraction of sp³-hybridized carbons (Fsp3) is 0. The highest BCUT2D eigenvalue weighted by molar-refractivity contribution is 14.1. The number of rotatable bonds is 2. The Morgan fingerprint density at radius 2 is 1.50 bits per heavy atom. The molecule has 5 heteroatoms. The number of aromatic hydroxyl groups is 1. The van der Waals surface area contributed by atoms with Crippen LogP contribution in [0.2, 0.25) is 0 Å². The number of halogens is 3. The molecular formula is C13H7FI2O2. The van der Waals surface area contributed by atoms with Crippen LogP contribution in [0.5, 0.6) is 5.75 Å². The highest BCUT2D eigenvalue weighted by Gasteiger charge is 2.13. The first-order valence-corrected chi connectivity index (χ1v) is 7.13. The van der Waals surface area contributed by atoms with Gasteiger partial charge in [0.15, 0.2) is 5.78 Å². The number of phenols is 1. The van der Waals surface area contributed by atoms with E-state index in [1.54, 1.807) is 12.1 Å². The molecule has 0 bridgehead atoms. The van der Waals surface area contributed by atoms with E-state index in [0.29, 0.717) is 18.3 Å². The zero-order valence-corrected chi connectivity index (χ0v) is 13.3. The number of hydrogen-bond donors (Lipinski definition) is 1. The smallest absolute Gasteiger partial charge is 0.193 e. The lowest BCUT2D eigenvalue weighted by atomic mass is 10.0. The number of benzene rings is 2. The highest BCUT2D eigenvalue weighted by Crippen LogP contribution is 2.28. The highest BCUT2D eigenvalue weighted by atomic mass is 127. The van der Waals surface area contributed by atoms with Crippen LogP contribution in [0, 0.1) is 13.0 Å². The number of carbonyl (C=O) groups is 1. The lowest BCUT2D eigenvalue weighted by Crippen LogP contribution is -2.02. The van der Waals surface area contributed by atoms with E-state index in [1.807, 2.05) is 45.2 Å². The van der Waals surface area contributed by atoms with Crippen molar-refractivity contribution in [1.29, 1.82) is 0 Å². The molecule has 0 amide bonds. The van der Waals surface area contributed by atoms with Gasteiger partial charge < -0.3 is 5.11 Å². The zero-order valence-electron chi connectivity index (χ0n) is 8.95. The Hall–Kier alpha value is -0.700. The van der Waals surface area contributed by atoms with Crippen LogP contribution in [0.15, 0.2) is 36.4 Å². The molecule has 0 saturated heterocycles. The van der Waals surface area contributed by atoms with Crippen molar-refractivity contribution in [1.82, 2.24) is 0 Å². The number of carbonyl (C=O) groups excluding carboxylic acids is 1. The maximum Gasteiger partial charge on any atom is 0.193 e. The van der Waals surface area contributed by atoms with Crippen LogP contribution in [-0.2, 0) is 0 Å². The van der Waals surface area contributed by atoms with Gasteiger partial charge in [-0.1, -0.05) is 0 Å². The van der Waals surface area contributed by atoms with Crippen LogP contribution < -0.4 is 0 Å². The van der Waals surface area contributed by atoms with Gasteiger partial charge in [0.2, 0.25) is 0 Å². The summed E-state index contributed by atoms with van der Waals surface area (Å²) < 4.78 is 14.0. The Balaban J connectivity index is 2.43. The summed E-state index contributed by atoms with van der Waals surface area (Å²) >= 11 is 3.93. The lowest BCUT2D eigenvalue weighted by molar-refractivity contribution is 0.103. The molecule has 18 heavy (non-hydrogen) atoms. The molecule has 0 radical (unpaired) electrons. The molecule has 1 N–H and O–H groups in total. The van der Waals surface area contributed by atoms with E-state index < -0.39 is 0 Å². The topological polar surface area (TPSA) is 37.3 Å². The second-order valence-electron chi connectivity index (χ2n) is 3.62. The minimum Gasteiger partial charge on any atom is -0.506 e. The van der Waals surface area contributed by atoms with Gasteiger partial charge in [-0.25, -0.2) is 4.39 Å². The molecule has 0 spiro atoms. The van der Waals surface area contributed by atoms with E-state index in [9.17, 15) is 14.3 Å². The first kappa shape index (κ1) is 13.7. The summed E-state index contributed by atoms with van der Waals surface area (Å²) in [6, 6.07) is 8.63. The van der Waals surface area contributed by atoms with Crippen LogP contribution in [0.1, 0.15) is 15.9 Å². The monoisotopic (exact) mass is 468 g/mol. The minimum atomic E-state index is -0.374. The Labute approximate surface area is 130 Å². The standard InChI is InChI=1S/C13H7FI2O2/c14-9-3-1-7(2-4-9)12(17)8-5-10(15)13(18)11(16)6-8/h1-6,18H. The van der Waals surface area contributed by atoms with Gasteiger partial charge in [-0.3, -0.25) is 4.79 Å². The van der Waals surface area contributed by atoms with Gasteiger partial charge in [-0.2, -0.15) is 0 Å². The summed E-state index contributed by atoms with van der Waals surface area (Å²) in [5, 5.41) is 9.64. The first-order valence-electron chi connectivity index (χ1n) is 4.97. The normalized spacial score (nSPS) is 10.4. The van der Waals surface area contributed by atoms with E-state index in [1.165, 1.54) is 24.3 Å². The molecule has 0 saturated carbocycles. The summed E-state index contributed by atoms with van der Waals surface area (Å²) in [6.07, 6.45) is 0. The molecule has 0 fully saturated rings. The predicted molar refractivity (Wildman–Crippen MR) is 83.4 cm³/mol. The van der Waals surface area contributed by atoms with Crippen molar-refractivity contribution in [3.8, 4) is 5.75 Å². The van der Waals surface area contributed by atoms with Crippen molar-refractivity contribution in [3.05, 3.63) is 60.5 Å². The third-order valence-corrected chi connectivity index (χ3v) is 4.03. The fourth-order valence-electron chi connectivity index (χ4n) is 1.46. The summed E-state index contributed by atoms with van der Waals surface area (Å²) in [5.74, 6) is -0.390. The molecule has 0 aliphatic rings. The van der Waals surface area contributed by atoms with Crippen molar-refractivity contribution < 1.29 is 14.3 Å². The molecule has 2 rings (SSSR count). The third-order valence-electron chi connectivity index (χ3n) is 2.39. The van der Waals surface area contributed by atoms with E-state index in [4.69, 9.17) is 0 Å². The molecule has 2 aromatic rings. The van der Waals surface area contributed by atoms with E-state index in [0.717, 1.165) is 0 Å². The minimum absolute atomic E-state index is 0.173. The van der Waals surface area contributed by atoms with E-state index in [-0.39, 0.29) is 17.3 Å². The van der Waals surface area contributed by atoms with Crippen LogP contribution in [0.3, 0.4) is 0 Å². The van der Waals surface area contributed by atoms with E-state index >= 15 is 0 Å². The van der Waals surface area contributed by atoms with Crippen LogP contribution in [0.25, 0.3) is 0 Å². The van der Waals surface area contributed by atoms with Crippen molar-refractivity contribution in [2.24, 2.45) is 0 Å². The van der Waals surface area contributed by atoms with Crippen molar-refractivity contribution >= 4 is 51.0 Å². The Morgan fingerprint density at radius 3 is 2.00 bits per heavy atom. The van der Waals surface area contributed by atoms with Gasteiger partial charge in [0.05, 0.1) is 7.14 Å². The molecule has 92 valence electrons. The van der Waals surface area contributed by atoms with Gasteiger partial charge in [0.25, 0.3) is 0 Å². The number of phenolic OH excluding ortho intramolecular Hbond substituents is 1. The van der Waals surface area contributed by atoms with Gasteiger partial charge in [0, 0.05) is 11.1 Å². The first-order chi connectivity index (χ1) is 8.49. The fourth-order valence-corrected chi connectivity index (χ4v) is 3.23. The van der Waals surface area contributed by atoms with E-state index in [2.05, 4.69) is 0 Å².